The number of pyridine rings is 1. The molecule has 0 radical (unpaired) electrons. The van der Waals surface area contributed by atoms with Crippen LogP contribution in [-0.4, -0.2) is 41.6 Å². The first-order valence-electron chi connectivity index (χ1n) is 7.26. The van der Waals surface area contributed by atoms with Crippen LogP contribution < -0.4 is 5.32 Å². The molecule has 1 saturated heterocycles. The van der Waals surface area contributed by atoms with E-state index in [0.29, 0.717) is 38.4 Å². The van der Waals surface area contributed by atoms with E-state index >= 15 is 0 Å². The van der Waals surface area contributed by atoms with Crippen LogP contribution in [0.2, 0.25) is 0 Å². The predicted molar refractivity (Wildman–Crippen MR) is 78.9 cm³/mol. The van der Waals surface area contributed by atoms with Crippen LogP contribution in [0.1, 0.15) is 25.3 Å². The highest BCUT2D eigenvalue weighted by Crippen LogP contribution is 2.20. The van der Waals surface area contributed by atoms with Gasteiger partial charge in [-0.1, -0.05) is 6.07 Å². The fourth-order valence-corrected chi connectivity index (χ4v) is 2.37. The van der Waals surface area contributed by atoms with Crippen LogP contribution in [0.4, 0.5) is 10.6 Å². The minimum absolute atomic E-state index is 0.0275. The Morgan fingerprint density at radius 3 is 2.76 bits per heavy atom. The largest absolute Gasteiger partial charge is 0.450 e. The minimum atomic E-state index is -0.295. The second-order valence-electron chi connectivity index (χ2n) is 5.12. The highest BCUT2D eigenvalue weighted by molar-refractivity contribution is 5.92. The number of nitrogens with zero attached hydrogens (tertiary/aromatic N) is 2. The van der Waals surface area contributed by atoms with Crippen molar-refractivity contribution >= 4 is 17.8 Å². The molecule has 6 heteroatoms. The van der Waals surface area contributed by atoms with Gasteiger partial charge in [-0.25, -0.2) is 9.78 Å². The first-order chi connectivity index (χ1) is 10.1. The van der Waals surface area contributed by atoms with Gasteiger partial charge in [0.1, 0.15) is 5.82 Å². The lowest BCUT2D eigenvalue weighted by atomic mass is 9.96. The Balaban J connectivity index is 1.86. The number of nitrogens with one attached hydrogen (secondary N) is 1. The zero-order valence-corrected chi connectivity index (χ0v) is 12.5. The number of carbonyl (C=O) groups is 2. The van der Waals surface area contributed by atoms with Crippen LogP contribution in [0.25, 0.3) is 0 Å². The molecular formula is C15H21N3O3. The number of aryl methyl sites for hydroxylation is 1. The third kappa shape index (κ3) is 3.93. The molecule has 0 spiro atoms. The van der Waals surface area contributed by atoms with Gasteiger partial charge in [0.25, 0.3) is 0 Å². The molecule has 6 nitrogen and oxygen atoms in total. The molecule has 1 fully saturated rings. The van der Waals surface area contributed by atoms with Gasteiger partial charge in [0.2, 0.25) is 5.91 Å². The number of likely N-dealkylation sites (tertiary alicyclic amines) is 1. The van der Waals surface area contributed by atoms with Crippen LogP contribution in [-0.2, 0) is 9.53 Å². The van der Waals surface area contributed by atoms with Crippen LogP contribution in [0, 0.1) is 12.8 Å². The molecule has 114 valence electrons. The van der Waals surface area contributed by atoms with Crippen LogP contribution in [0.15, 0.2) is 18.3 Å². The summed E-state index contributed by atoms with van der Waals surface area (Å²) in [4.78, 5) is 29.7. The van der Waals surface area contributed by atoms with Gasteiger partial charge in [-0.3, -0.25) is 4.79 Å². The van der Waals surface area contributed by atoms with Crippen LogP contribution in [0.3, 0.4) is 0 Å². The zero-order chi connectivity index (χ0) is 15.2. The average Bonchev–Trinajstić information content (AvgIpc) is 2.50. The van der Waals surface area contributed by atoms with E-state index in [0.717, 1.165) is 5.56 Å². The molecule has 1 aromatic heterocycles. The quantitative estimate of drug-likeness (QED) is 0.926. The number of hydrogen-bond donors (Lipinski definition) is 1. The summed E-state index contributed by atoms with van der Waals surface area (Å²) in [5, 5.41) is 2.86. The molecule has 0 aliphatic carbocycles. The van der Waals surface area contributed by atoms with Gasteiger partial charge in [0.15, 0.2) is 0 Å². The van der Waals surface area contributed by atoms with Crippen molar-refractivity contribution in [3.05, 3.63) is 23.9 Å². The number of rotatable bonds is 3. The summed E-state index contributed by atoms with van der Waals surface area (Å²) in [5.74, 6) is 0.493. The van der Waals surface area contributed by atoms with Crippen molar-refractivity contribution in [2.75, 3.05) is 25.0 Å². The number of carbonyl (C=O) groups excluding carboxylic acids is 2. The second-order valence-corrected chi connectivity index (χ2v) is 5.12. The van der Waals surface area contributed by atoms with Crippen molar-refractivity contribution in [1.29, 1.82) is 0 Å². The molecule has 2 heterocycles. The van der Waals surface area contributed by atoms with E-state index in [2.05, 4.69) is 10.3 Å². The second kappa shape index (κ2) is 7.06. The van der Waals surface area contributed by atoms with E-state index < -0.39 is 0 Å². The van der Waals surface area contributed by atoms with Gasteiger partial charge in [-0.2, -0.15) is 0 Å². The highest BCUT2D eigenvalue weighted by Gasteiger charge is 2.28. The Hall–Kier alpha value is -2.11. The topological polar surface area (TPSA) is 71.5 Å². The maximum absolute atomic E-state index is 12.2. The number of anilines is 1. The van der Waals surface area contributed by atoms with E-state index in [-0.39, 0.29) is 17.9 Å². The van der Waals surface area contributed by atoms with Crippen molar-refractivity contribution in [3.8, 4) is 0 Å². The molecule has 2 amide bonds. The summed E-state index contributed by atoms with van der Waals surface area (Å²) in [6.45, 7) is 5.17. The maximum atomic E-state index is 12.2. The molecule has 0 aromatic carbocycles. The van der Waals surface area contributed by atoms with Gasteiger partial charge in [-0.05, 0) is 38.3 Å². The SMILES string of the molecule is CCOC(=O)N1CCC(C(=O)Nc2ncccc2C)CC1. The average molecular weight is 291 g/mol. The first kappa shape index (κ1) is 15.3. The molecule has 1 aliphatic heterocycles. The molecule has 1 N–H and O–H groups in total. The van der Waals surface area contributed by atoms with Gasteiger partial charge < -0.3 is 15.0 Å². The van der Waals surface area contributed by atoms with Crippen molar-refractivity contribution in [2.24, 2.45) is 5.92 Å². The maximum Gasteiger partial charge on any atom is 0.409 e. The number of aromatic nitrogens is 1. The van der Waals surface area contributed by atoms with E-state index in [1.165, 1.54) is 0 Å². The highest BCUT2D eigenvalue weighted by atomic mass is 16.6. The van der Waals surface area contributed by atoms with E-state index in [9.17, 15) is 9.59 Å². The number of amides is 2. The summed E-state index contributed by atoms with van der Waals surface area (Å²) in [5.41, 5.74) is 0.940. The molecule has 1 aliphatic rings. The lowest BCUT2D eigenvalue weighted by Gasteiger charge is -2.30. The molecule has 0 saturated carbocycles. The van der Waals surface area contributed by atoms with E-state index in [1.807, 2.05) is 19.1 Å². The van der Waals surface area contributed by atoms with Crippen molar-refractivity contribution in [1.82, 2.24) is 9.88 Å². The zero-order valence-electron chi connectivity index (χ0n) is 12.5. The summed E-state index contributed by atoms with van der Waals surface area (Å²) < 4.78 is 4.96. The Kier molecular flexibility index (Phi) is 5.14. The Bertz CT molecular complexity index is 511. The lowest BCUT2D eigenvalue weighted by molar-refractivity contribution is -0.121. The molecule has 0 bridgehead atoms. The third-order valence-corrected chi connectivity index (χ3v) is 3.64. The normalized spacial score (nSPS) is 15.6. The molecule has 21 heavy (non-hydrogen) atoms. The number of ether oxygens (including phenoxy) is 1. The van der Waals surface area contributed by atoms with E-state index in [4.69, 9.17) is 4.74 Å². The number of hydrogen-bond acceptors (Lipinski definition) is 4. The fraction of sp³-hybridized carbons (Fsp3) is 0.533. The van der Waals surface area contributed by atoms with Crippen molar-refractivity contribution < 1.29 is 14.3 Å². The Morgan fingerprint density at radius 2 is 2.14 bits per heavy atom. The standard InChI is InChI=1S/C15H21N3O3/c1-3-21-15(20)18-9-6-12(7-10-18)14(19)17-13-11(2)5-4-8-16-13/h4-5,8,12H,3,6-7,9-10H2,1-2H3,(H,16,17,19). The smallest absolute Gasteiger partial charge is 0.409 e. The fourth-order valence-electron chi connectivity index (χ4n) is 2.37. The summed E-state index contributed by atoms with van der Waals surface area (Å²) in [7, 11) is 0. The first-order valence-corrected chi connectivity index (χ1v) is 7.26. The van der Waals surface area contributed by atoms with Gasteiger partial charge in [0.05, 0.1) is 6.61 Å². The van der Waals surface area contributed by atoms with Gasteiger partial charge in [0, 0.05) is 25.2 Å². The van der Waals surface area contributed by atoms with Crippen molar-refractivity contribution in [3.63, 3.8) is 0 Å². The van der Waals surface area contributed by atoms with Gasteiger partial charge >= 0.3 is 6.09 Å². The minimum Gasteiger partial charge on any atom is -0.450 e. The lowest BCUT2D eigenvalue weighted by Crippen LogP contribution is -2.41. The summed E-state index contributed by atoms with van der Waals surface area (Å²) in [6, 6.07) is 3.74. The molecular weight excluding hydrogens is 270 g/mol. The molecule has 0 atom stereocenters. The number of piperidine rings is 1. The summed E-state index contributed by atoms with van der Waals surface area (Å²) >= 11 is 0. The monoisotopic (exact) mass is 291 g/mol. The molecule has 2 rings (SSSR count). The van der Waals surface area contributed by atoms with Gasteiger partial charge in [-0.15, -0.1) is 0 Å². The molecule has 1 aromatic rings. The predicted octanol–water partition coefficient (Wildman–Crippen LogP) is 2.20. The van der Waals surface area contributed by atoms with Crippen molar-refractivity contribution in [2.45, 2.75) is 26.7 Å². The Labute approximate surface area is 124 Å². The van der Waals surface area contributed by atoms with E-state index in [1.54, 1.807) is 18.0 Å². The van der Waals surface area contributed by atoms with Crippen LogP contribution in [0.5, 0.6) is 0 Å². The third-order valence-electron chi connectivity index (χ3n) is 3.64. The van der Waals surface area contributed by atoms with Crippen LogP contribution >= 0.6 is 0 Å². The summed E-state index contributed by atoms with van der Waals surface area (Å²) in [6.07, 6.45) is 2.66. The molecule has 0 unspecified atom stereocenters. The Morgan fingerprint density at radius 1 is 1.43 bits per heavy atom.